The first-order valence-corrected chi connectivity index (χ1v) is 11.8. The molecular formula is C24H44O. The van der Waals surface area contributed by atoms with Gasteiger partial charge < -0.3 is 5.11 Å². The number of hydrogen-bond donors (Lipinski definition) is 1. The fourth-order valence-electron chi connectivity index (χ4n) is 6.92. The molecule has 0 aromatic rings. The van der Waals surface area contributed by atoms with E-state index in [1.54, 1.807) is 25.7 Å². The summed E-state index contributed by atoms with van der Waals surface area (Å²) in [6.07, 6.45) is 20.3. The molecule has 3 unspecified atom stereocenters. The lowest BCUT2D eigenvalue weighted by atomic mass is 9.61. The summed E-state index contributed by atoms with van der Waals surface area (Å²) in [4.78, 5) is 0. The maximum atomic E-state index is 9.12. The molecule has 0 bridgehead atoms. The summed E-state index contributed by atoms with van der Waals surface area (Å²) in [5.41, 5.74) is 0. The second kappa shape index (κ2) is 9.77. The smallest absolute Gasteiger partial charge is 0.0431 e. The van der Waals surface area contributed by atoms with E-state index in [0.717, 1.165) is 47.8 Å². The number of rotatable bonds is 6. The fourth-order valence-corrected chi connectivity index (χ4v) is 6.92. The van der Waals surface area contributed by atoms with Crippen molar-refractivity contribution in [3.8, 4) is 0 Å². The van der Waals surface area contributed by atoms with E-state index in [2.05, 4.69) is 13.8 Å². The van der Waals surface area contributed by atoms with Crippen LogP contribution in [0.2, 0.25) is 0 Å². The Hall–Kier alpha value is -0.0400. The van der Waals surface area contributed by atoms with Crippen molar-refractivity contribution in [1.82, 2.24) is 0 Å². The lowest BCUT2D eigenvalue weighted by Gasteiger charge is -2.44. The van der Waals surface area contributed by atoms with Gasteiger partial charge in [0.2, 0.25) is 0 Å². The normalized spacial score (nSPS) is 43.1. The Labute approximate surface area is 157 Å². The predicted molar refractivity (Wildman–Crippen MR) is 108 cm³/mol. The molecule has 0 aromatic carbocycles. The van der Waals surface area contributed by atoms with Gasteiger partial charge in [0.1, 0.15) is 0 Å². The Morgan fingerprint density at radius 3 is 1.96 bits per heavy atom. The molecule has 0 spiro atoms. The molecular weight excluding hydrogens is 304 g/mol. The van der Waals surface area contributed by atoms with Gasteiger partial charge in [-0.1, -0.05) is 39.5 Å². The van der Waals surface area contributed by atoms with Crippen LogP contribution in [-0.2, 0) is 0 Å². The van der Waals surface area contributed by atoms with E-state index in [1.807, 2.05) is 0 Å². The van der Waals surface area contributed by atoms with Crippen molar-refractivity contribution in [2.75, 3.05) is 6.61 Å². The minimum atomic E-state index is 0.390. The van der Waals surface area contributed by atoms with Crippen LogP contribution >= 0.6 is 0 Å². The van der Waals surface area contributed by atoms with Crippen LogP contribution in [0.1, 0.15) is 104 Å². The first kappa shape index (κ1) is 19.7. The van der Waals surface area contributed by atoms with Crippen LogP contribution < -0.4 is 0 Å². The third kappa shape index (κ3) is 5.24. The Morgan fingerprint density at radius 2 is 1.36 bits per heavy atom. The summed E-state index contributed by atoms with van der Waals surface area (Å²) < 4.78 is 0. The highest BCUT2D eigenvalue weighted by atomic mass is 16.2. The molecule has 0 heterocycles. The Morgan fingerprint density at radius 1 is 0.760 bits per heavy atom. The number of hydrogen-bond acceptors (Lipinski definition) is 1. The first-order valence-electron chi connectivity index (χ1n) is 11.8. The van der Waals surface area contributed by atoms with Crippen molar-refractivity contribution in [3.63, 3.8) is 0 Å². The van der Waals surface area contributed by atoms with Crippen LogP contribution in [-0.4, -0.2) is 11.7 Å². The average molecular weight is 349 g/mol. The SMILES string of the molecule is CCC1CC(CCCO)CCC1C1CCC(C2CCC(C)CC2)CC1. The molecule has 0 amide bonds. The van der Waals surface area contributed by atoms with Gasteiger partial charge in [0, 0.05) is 6.61 Å². The van der Waals surface area contributed by atoms with E-state index in [-0.39, 0.29) is 0 Å². The third-order valence-electron chi connectivity index (χ3n) is 8.59. The summed E-state index contributed by atoms with van der Waals surface area (Å²) in [5.74, 6) is 7.12. The van der Waals surface area contributed by atoms with Gasteiger partial charge in [0.25, 0.3) is 0 Å². The van der Waals surface area contributed by atoms with Crippen LogP contribution in [0.4, 0.5) is 0 Å². The molecule has 0 aromatic heterocycles. The molecule has 3 aliphatic rings. The molecule has 0 saturated heterocycles. The van der Waals surface area contributed by atoms with E-state index >= 15 is 0 Å². The molecule has 3 rings (SSSR count). The Kier molecular flexibility index (Phi) is 7.70. The van der Waals surface area contributed by atoms with Gasteiger partial charge in [-0.3, -0.25) is 0 Å². The number of aliphatic hydroxyl groups excluding tert-OH is 1. The molecule has 25 heavy (non-hydrogen) atoms. The molecule has 3 saturated carbocycles. The maximum Gasteiger partial charge on any atom is 0.0431 e. The molecule has 3 atom stereocenters. The lowest BCUT2D eigenvalue weighted by molar-refractivity contribution is 0.0643. The standard InChI is InChI=1S/C24H44O/c1-3-20-17-19(5-4-16-25)8-15-24(20)23-13-11-22(12-14-23)21-9-6-18(2)7-10-21/h18-25H,3-17H2,1-2H3. The van der Waals surface area contributed by atoms with Crippen molar-refractivity contribution in [1.29, 1.82) is 0 Å². The second-order valence-corrected chi connectivity index (χ2v) is 10.1. The van der Waals surface area contributed by atoms with Crippen LogP contribution in [0.5, 0.6) is 0 Å². The summed E-state index contributed by atoms with van der Waals surface area (Å²) in [6, 6.07) is 0. The van der Waals surface area contributed by atoms with Gasteiger partial charge in [-0.15, -0.1) is 0 Å². The van der Waals surface area contributed by atoms with Gasteiger partial charge in [-0.25, -0.2) is 0 Å². The van der Waals surface area contributed by atoms with Crippen LogP contribution in [0, 0.1) is 41.4 Å². The molecule has 1 nitrogen and oxygen atoms in total. The van der Waals surface area contributed by atoms with Crippen molar-refractivity contribution in [2.24, 2.45) is 41.4 Å². The zero-order chi connectivity index (χ0) is 17.6. The van der Waals surface area contributed by atoms with E-state index in [0.29, 0.717) is 6.61 Å². The van der Waals surface area contributed by atoms with Gasteiger partial charge in [-0.2, -0.15) is 0 Å². The quantitative estimate of drug-likeness (QED) is 0.557. The summed E-state index contributed by atoms with van der Waals surface area (Å²) in [7, 11) is 0. The summed E-state index contributed by atoms with van der Waals surface area (Å²) in [5, 5.41) is 9.12. The van der Waals surface area contributed by atoms with Crippen LogP contribution in [0.25, 0.3) is 0 Å². The monoisotopic (exact) mass is 348 g/mol. The van der Waals surface area contributed by atoms with E-state index < -0.39 is 0 Å². The van der Waals surface area contributed by atoms with Gasteiger partial charge in [0.05, 0.1) is 0 Å². The van der Waals surface area contributed by atoms with Gasteiger partial charge >= 0.3 is 0 Å². The third-order valence-corrected chi connectivity index (χ3v) is 8.59. The minimum Gasteiger partial charge on any atom is -0.396 e. The van der Waals surface area contributed by atoms with Gasteiger partial charge in [0.15, 0.2) is 0 Å². The molecule has 1 heteroatoms. The molecule has 3 fully saturated rings. The molecule has 3 aliphatic carbocycles. The van der Waals surface area contributed by atoms with Crippen LogP contribution in [0.15, 0.2) is 0 Å². The molecule has 1 N–H and O–H groups in total. The van der Waals surface area contributed by atoms with Crippen molar-refractivity contribution >= 4 is 0 Å². The van der Waals surface area contributed by atoms with Crippen molar-refractivity contribution in [3.05, 3.63) is 0 Å². The zero-order valence-electron chi connectivity index (χ0n) is 17.1. The largest absolute Gasteiger partial charge is 0.396 e. The molecule has 146 valence electrons. The zero-order valence-corrected chi connectivity index (χ0v) is 17.1. The van der Waals surface area contributed by atoms with E-state index in [1.165, 1.54) is 57.8 Å². The van der Waals surface area contributed by atoms with Crippen LogP contribution in [0.3, 0.4) is 0 Å². The molecule has 0 radical (unpaired) electrons. The maximum absolute atomic E-state index is 9.12. The highest BCUT2D eigenvalue weighted by molar-refractivity contribution is 4.88. The molecule has 0 aliphatic heterocycles. The fraction of sp³-hybridized carbons (Fsp3) is 1.00. The minimum absolute atomic E-state index is 0.390. The van der Waals surface area contributed by atoms with E-state index in [4.69, 9.17) is 5.11 Å². The van der Waals surface area contributed by atoms with Gasteiger partial charge in [-0.05, 0) is 106 Å². The topological polar surface area (TPSA) is 20.2 Å². The van der Waals surface area contributed by atoms with E-state index in [9.17, 15) is 0 Å². The average Bonchev–Trinajstić information content (AvgIpc) is 2.67. The lowest BCUT2D eigenvalue weighted by Crippen LogP contribution is -2.34. The first-order chi connectivity index (χ1) is 12.2. The summed E-state index contributed by atoms with van der Waals surface area (Å²) in [6.45, 7) is 5.27. The predicted octanol–water partition coefficient (Wildman–Crippen LogP) is 6.83. The summed E-state index contributed by atoms with van der Waals surface area (Å²) >= 11 is 0. The Balaban J connectivity index is 1.45. The highest BCUT2D eigenvalue weighted by Gasteiger charge is 2.37. The van der Waals surface area contributed by atoms with Crippen molar-refractivity contribution < 1.29 is 5.11 Å². The highest BCUT2D eigenvalue weighted by Crippen LogP contribution is 2.48. The Bertz CT molecular complexity index is 362. The number of aliphatic hydroxyl groups is 1. The van der Waals surface area contributed by atoms with Crippen molar-refractivity contribution in [2.45, 2.75) is 104 Å². The second-order valence-electron chi connectivity index (χ2n) is 10.1.